The Morgan fingerprint density at radius 3 is 2.66 bits per heavy atom. The molecule has 2 saturated carbocycles. The molecule has 5 rings (SSSR count). The monoisotopic (exact) mass is 412 g/mol. The fraction of sp³-hybridized carbons (Fsp3) is 0.609. The van der Waals surface area contributed by atoms with Crippen LogP contribution in [0.1, 0.15) is 80.9 Å². The highest BCUT2D eigenvalue weighted by Crippen LogP contribution is 2.53. The minimum absolute atomic E-state index is 0.0242. The number of nitrogens with zero attached hydrogens (tertiary/aromatic N) is 4. The maximum Gasteiger partial charge on any atom is 0.262 e. The van der Waals surface area contributed by atoms with Gasteiger partial charge in [-0.3, -0.25) is 9.69 Å². The summed E-state index contributed by atoms with van der Waals surface area (Å²) < 4.78 is 2.17. The van der Waals surface area contributed by atoms with E-state index in [1.165, 1.54) is 32.1 Å². The minimum atomic E-state index is -0.0329. The summed E-state index contributed by atoms with van der Waals surface area (Å²) in [4.78, 5) is 20.6. The largest absolute Gasteiger partial charge is 0.273 e. The van der Waals surface area contributed by atoms with E-state index < -0.39 is 0 Å². The Labute approximate surface area is 177 Å². The Morgan fingerprint density at radius 2 is 1.90 bits per heavy atom. The van der Waals surface area contributed by atoms with Crippen molar-refractivity contribution >= 4 is 23.5 Å². The van der Waals surface area contributed by atoms with Crippen LogP contribution >= 0.6 is 11.6 Å². The molecule has 6 heteroatoms. The lowest BCUT2D eigenvalue weighted by molar-refractivity contribution is 0.0311. The molecule has 2 heterocycles. The second kappa shape index (κ2) is 7.42. The van der Waals surface area contributed by atoms with E-state index in [-0.39, 0.29) is 17.5 Å². The molecule has 2 aliphatic carbocycles. The van der Waals surface area contributed by atoms with Crippen LogP contribution in [0.2, 0.25) is 5.02 Å². The lowest BCUT2D eigenvalue weighted by Gasteiger charge is -2.55. The van der Waals surface area contributed by atoms with Gasteiger partial charge in [-0.15, -0.1) is 0 Å². The maximum absolute atomic E-state index is 13.8. The molecule has 1 aromatic carbocycles. The van der Waals surface area contributed by atoms with Gasteiger partial charge in [-0.2, -0.15) is 10.1 Å². The minimum Gasteiger partial charge on any atom is -0.273 e. The van der Waals surface area contributed by atoms with E-state index in [9.17, 15) is 4.79 Å². The van der Waals surface area contributed by atoms with Crippen LogP contribution in [0.3, 0.4) is 0 Å². The van der Waals surface area contributed by atoms with Gasteiger partial charge in [0.2, 0.25) is 5.95 Å². The molecule has 2 aromatic rings. The Morgan fingerprint density at radius 1 is 1.14 bits per heavy atom. The average molecular weight is 413 g/mol. The summed E-state index contributed by atoms with van der Waals surface area (Å²) in [5.74, 6) is 1.99. The molecule has 2 unspecified atom stereocenters. The Balaban J connectivity index is 1.68. The van der Waals surface area contributed by atoms with Gasteiger partial charge in [0, 0.05) is 18.4 Å². The lowest BCUT2D eigenvalue weighted by Crippen LogP contribution is -2.61. The van der Waals surface area contributed by atoms with E-state index >= 15 is 0 Å². The first kappa shape index (κ1) is 19.1. The SMILES string of the molecule is CCc1nc2n(n1)C1(CCCCC1)C1CCCCC1N2C(=O)c1ccccc1Cl. The molecule has 0 bridgehead atoms. The third-order valence-electron chi connectivity index (χ3n) is 7.38. The number of anilines is 1. The van der Waals surface area contributed by atoms with Crippen LogP contribution in [-0.4, -0.2) is 26.7 Å². The van der Waals surface area contributed by atoms with E-state index in [4.69, 9.17) is 21.7 Å². The number of benzene rings is 1. The zero-order valence-electron chi connectivity index (χ0n) is 17.1. The summed E-state index contributed by atoms with van der Waals surface area (Å²) in [5, 5.41) is 5.47. The molecule has 3 aliphatic rings. The zero-order chi connectivity index (χ0) is 20.0. The number of aryl methyl sites for hydroxylation is 1. The van der Waals surface area contributed by atoms with Crippen molar-refractivity contribution in [3.63, 3.8) is 0 Å². The summed E-state index contributed by atoms with van der Waals surface area (Å²) in [5.41, 5.74) is 0.585. The first-order valence-electron chi connectivity index (χ1n) is 11.2. The Kier molecular flexibility index (Phi) is 4.89. The number of aromatic nitrogens is 3. The number of rotatable bonds is 2. The highest BCUT2D eigenvalue weighted by atomic mass is 35.5. The number of carbonyl (C=O) groups is 1. The number of hydrogen-bond acceptors (Lipinski definition) is 3. The van der Waals surface area contributed by atoms with Crippen molar-refractivity contribution in [1.82, 2.24) is 14.8 Å². The summed E-state index contributed by atoms with van der Waals surface area (Å²) >= 11 is 6.42. The van der Waals surface area contributed by atoms with Gasteiger partial charge in [0.1, 0.15) is 0 Å². The van der Waals surface area contributed by atoms with Crippen molar-refractivity contribution in [3.05, 3.63) is 40.7 Å². The van der Waals surface area contributed by atoms with Crippen molar-refractivity contribution in [2.24, 2.45) is 5.92 Å². The molecule has 2 atom stereocenters. The molecular weight excluding hydrogens is 384 g/mol. The molecular formula is C23H29ClN4O. The first-order chi connectivity index (χ1) is 14.2. The Hall–Kier alpha value is -1.88. The maximum atomic E-state index is 13.8. The predicted molar refractivity (Wildman–Crippen MR) is 114 cm³/mol. The molecule has 154 valence electrons. The molecule has 1 amide bonds. The van der Waals surface area contributed by atoms with Crippen LogP contribution in [0.15, 0.2) is 24.3 Å². The number of fused-ring (bicyclic) bond motifs is 4. The summed E-state index contributed by atoms with van der Waals surface area (Å²) in [6, 6.07) is 7.56. The average Bonchev–Trinajstić information content (AvgIpc) is 3.20. The van der Waals surface area contributed by atoms with Crippen LogP contribution < -0.4 is 4.90 Å². The topological polar surface area (TPSA) is 51.0 Å². The van der Waals surface area contributed by atoms with Crippen molar-refractivity contribution in [3.8, 4) is 0 Å². The molecule has 0 saturated heterocycles. The van der Waals surface area contributed by atoms with Gasteiger partial charge in [0.15, 0.2) is 5.82 Å². The van der Waals surface area contributed by atoms with Crippen LogP contribution in [0.25, 0.3) is 0 Å². The number of amides is 1. The van der Waals surface area contributed by atoms with Gasteiger partial charge in [-0.05, 0) is 37.8 Å². The van der Waals surface area contributed by atoms with E-state index in [0.29, 0.717) is 16.5 Å². The number of halogens is 1. The van der Waals surface area contributed by atoms with Gasteiger partial charge in [-0.1, -0.05) is 62.8 Å². The molecule has 1 aliphatic heterocycles. The molecule has 0 radical (unpaired) electrons. The third-order valence-corrected chi connectivity index (χ3v) is 7.71. The molecule has 2 fully saturated rings. The highest BCUT2D eigenvalue weighted by Gasteiger charge is 2.55. The van der Waals surface area contributed by atoms with Crippen LogP contribution in [0, 0.1) is 5.92 Å². The molecule has 29 heavy (non-hydrogen) atoms. The van der Waals surface area contributed by atoms with Crippen molar-refractivity contribution in [1.29, 1.82) is 0 Å². The standard InChI is InChI=1S/C23H29ClN4O/c1-2-20-25-22-27(21(29)16-10-4-6-12-18(16)24)19-13-7-5-11-17(19)23(28(22)26-20)14-8-3-9-15-23/h4,6,10,12,17,19H,2-3,5,7-9,11,13-15H2,1H3. The fourth-order valence-corrected chi connectivity index (χ4v) is 6.27. The number of carbonyl (C=O) groups excluding carboxylic acids is 1. The van der Waals surface area contributed by atoms with Gasteiger partial charge >= 0.3 is 0 Å². The second-order valence-corrected chi connectivity index (χ2v) is 9.28. The smallest absolute Gasteiger partial charge is 0.262 e. The normalized spacial score (nSPS) is 25.5. The quantitative estimate of drug-likeness (QED) is 0.665. The van der Waals surface area contributed by atoms with Gasteiger partial charge in [0.25, 0.3) is 5.91 Å². The molecule has 1 spiro atoms. The van der Waals surface area contributed by atoms with Crippen molar-refractivity contribution < 1.29 is 4.79 Å². The van der Waals surface area contributed by atoms with Crippen LogP contribution in [0.5, 0.6) is 0 Å². The van der Waals surface area contributed by atoms with E-state index in [0.717, 1.165) is 43.9 Å². The third kappa shape index (κ3) is 2.92. The van der Waals surface area contributed by atoms with Crippen LogP contribution in [-0.2, 0) is 12.0 Å². The highest BCUT2D eigenvalue weighted by molar-refractivity contribution is 6.34. The van der Waals surface area contributed by atoms with E-state index in [1.54, 1.807) is 6.07 Å². The summed E-state index contributed by atoms with van der Waals surface area (Å²) in [7, 11) is 0. The van der Waals surface area contributed by atoms with Crippen molar-refractivity contribution in [2.75, 3.05) is 4.90 Å². The molecule has 0 N–H and O–H groups in total. The lowest BCUT2D eigenvalue weighted by atomic mass is 9.64. The predicted octanol–water partition coefficient (Wildman–Crippen LogP) is 5.37. The second-order valence-electron chi connectivity index (χ2n) is 8.87. The first-order valence-corrected chi connectivity index (χ1v) is 11.6. The zero-order valence-corrected chi connectivity index (χ0v) is 17.9. The van der Waals surface area contributed by atoms with Gasteiger partial charge in [-0.25, -0.2) is 4.68 Å². The summed E-state index contributed by atoms with van der Waals surface area (Å²) in [6.45, 7) is 2.09. The van der Waals surface area contributed by atoms with E-state index in [2.05, 4.69) is 11.6 Å². The van der Waals surface area contributed by atoms with Gasteiger partial charge < -0.3 is 0 Å². The van der Waals surface area contributed by atoms with Crippen LogP contribution in [0.4, 0.5) is 5.95 Å². The van der Waals surface area contributed by atoms with E-state index in [1.807, 2.05) is 23.1 Å². The van der Waals surface area contributed by atoms with Gasteiger partial charge in [0.05, 0.1) is 16.1 Å². The number of hydrogen-bond donors (Lipinski definition) is 0. The molecule has 1 aromatic heterocycles. The summed E-state index contributed by atoms with van der Waals surface area (Å²) in [6.07, 6.45) is 11.5. The fourth-order valence-electron chi connectivity index (χ4n) is 6.05. The van der Waals surface area contributed by atoms with Crippen molar-refractivity contribution in [2.45, 2.75) is 82.7 Å². The Bertz CT molecular complexity index is 917. The molecule has 5 nitrogen and oxygen atoms in total.